The smallest absolute Gasteiger partial charge is 0.254 e. The third-order valence-corrected chi connectivity index (χ3v) is 3.48. The van der Waals surface area contributed by atoms with Gasteiger partial charge < -0.3 is 5.32 Å². The van der Waals surface area contributed by atoms with Gasteiger partial charge in [-0.15, -0.1) is 10.2 Å². The molecule has 2 heterocycles. The normalized spacial score (nSPS) is 12.3. The Kier molecular flexibility index (Phi) is 3.77. The molecule has 1 aromatic carbocycles. The minimum absolute atomic E-state index is 0.104. The molecule has 0 bridgehead atoms. The molecule has 0 saturated heterocycles. The van der Waals surface area contributed by atoms with E-state index in [1.807, 2.05) is 18.2 Å². The molecule has 3 rings (SSSR count). The van der Waals surface area contributed by atoms with Crippen LogP contribution in [0.1, 0.15) is 29.1 Å². The largest absolute Gasteiger partial charge is 0.342 e. The quantitative estimate of drug-likeness (QED) is 0.807. The molecule has 1 amide bonds. The molecule has 0 aliphatic rings. The van der Waals surface area contributed by atoms with E-state index in [1.54, 1.807) is 17.5 Å². The summed E-state index contributed by atoms with van der Waals surface area (Å²) in [7, 11) is 0. The van der Waals surface area contributed by atoms with Gasteiger partial charge in [-0.3, -0.25) is 9.20 Å². The fourth-order valence-electron chi connectivity index (χ4n) is 2.17. The number of carbonyl (C=O) groups excluding carboxylic acids is 1. The molecule has 22 heavy (non-hydrogen) atoms. The lowest BCUT2D eigenvalue weighted by Crippen LogP contribution is -2.28. The zero-order chi connectivity index (χ0) is 15.7. The molecule has 7 heteroatoms. The number of nitrogens with zero attached hydrogens (tertiary/aromatic N) is 3. The zero-order valence-corrected chi connectivity index (χ0v) is 12.4. The molecule has 1 atom stereocenters. The maximum absolute atomic E-state index is 13.7. The summed E-state index contributed by atoms with van der Waals surface area (Å²) < 4.78 is 15.5. The van der Waals surface area contributed by atoms with Crippen molar-refractivity contribution in [1.82, 2.24) is 19.9 Å². The lowest BCUT2D eigenvalue weighted by molar-refractivity contribution is 0.0934. The average Bonchev–Trinajstić information content (AvgIpc) is 2.93. The molecular formula is C15H12ClFN4O. The molecule has 1 N–H and O–H groups in total. The van der Waals surface area contributed by atoms with Gasteiger partial charge in [0.1, 0.15) is 5.82 Å². The topological polar surface area (TPSA) is 59.3 Å². The molecule has 2 aromatic heterocycles. The van der Waals surface area contributed by atoms with Crippen molar-refractivity contribution >= 4 is 23.2 Å². The van der Waals surface area contributed by atoms with E-state index in [1.165, 1.54) is 12.1 Å². The number of pyridine rings is 1. The summed E-state index contributed by atoms with van der Waals surface area (Å²) in [6.07, 6.45) is 1.80. The Morgan fingerprint density at radius 2 is 2.14 bits per heavy atom. The standard InChI is InChI=1S/C15H12ClFN4O/c1-9(14-20-19-13-4-2-3-7-21(13)14)18-15(22)11-8-10(16)5-6-12(11)17/h2-9H,1H3,(H,18,22)/t9-/m1/s1. The lowest BCUT2D eigenvalue weighted by atomic mass is 10.2. The molecule has 3 aromatic rings. The van der Waals surface area contributed by atoms with E-state index < -0.39 is 17.8 Å². The van der Waals surface area contributed by atoms with E-state index in [4.69, 9.17) is 11.6 Å². The number of amides is 1. The molecule has 0 aliphatic carbocycles. The second-order valence-electron chi connectivity index (χ2n) is 4.81. The summed E-state index contributed by atoms with van der Waals surface area (Å²) in [4.78, 5) is 12.2. The van der Waals surface area contributed by atoms with Gasteiger partial charge in [0.05, 0.1) is 11.6 Å². The highest BCUT2D eigenvalue weighted by Crippen LogP contribution is 2.17. The van der Waals surface area contributed by atoms with Crippen LogP contribution in [0.25, 0.3) is 5.65 Å². The molecule has 0 radical (unpaired) electrons. The number of hydrogen-bond donors (Lipinski definition) is 1. The van der Waals surface area contributed by atoms with Crippen LogP contribution in [-0.2, 0) is 0 Å². The average molecular weight is 319 g/mol. The summed E-state index contributed by atoms with van der Waals surface area (Å²) in [5, 5.41) is 11.1. The van der Waals surface area contributed by atoms with E-state index in [2.05, 4.69) is 15.5 Å². The van der Waals surface area contributed by atoms with Crippen LogP contribution in [0, 0.1) is 5.82 Å². The van der Waals surface area contributed by atoms with Gasteiger partial charge in [-0.1, -0.05) is 17.7 Å². The minimum Gasteiger partial charge on any atom is -0.342 e. The summed E-state index contributed by atoms with van der Waals surface area (Å²) in [5.41, 5.74) is 0.570. The monoisotopic (exact) mass is 318 g/mol. The maximum Gasteiger partial charge on any atom is 0.254 e. The fraction of sp³-hybridized carbons (Fsp3) is 0.133. The van der Waals surface area contributed by atoms with Crippen molar-refractivity contribution in [3.05, 3.63) is 64.8 Å². The van der Waals surface area contributed by atoms with Gasteiger partial charge in [-0.05, 0) is 37.3 Å². The van der Waals surface area contributed by atoms with Gasteiger partial charge in [0.15, 0.2) is 11.5 Å². The van der Waals surface area contributed by atoms with Crippen molar-refractivity contribution in [3.8, 4) is 0 Å². The van der Waals surface area contributed by atoms with Gasteiger partial charge in [0, 0.05) is 11.2 Å². The minimum atomic E-state index is -0.625. The molecule has 5 nitrogen and oxygen atoms in total. The first-order valence-electron chi connectivity index (χ1n) is 6.62. The third-order valence-electron chi connectivity index (χ3n) is 3.25. The number of hydrogen-bond acceptors (Lipinski definition) is 3. The summed E-state index contributed by atoms with van der Waals surface area (Å²) in [5.74, 6) is -0.619. The highest BCUT2D eigenvalue weighted by Gasteiger charge is 2.19. The maximum atomic E-state index is 13.7. The molecule has 0 saturated carbocycles. The predicted octanol–water partition coefficient (Wildman–Crippen LogP) is 3.01. The summed E-state index contributed by atoms with van der Waals surface area (Å²) >= 11 is 5.80. The van der Waals surface area contributed by atoms with Crippen LogP contribution in [0.5, 0.6) is 0 Å². The van der Waals surface area contributed by atoms with E-state index in [0.29, 0.717) is 16.5 Å². The van der Waals surface area contributed by atoms with Crippen LogP contribution in [-0.4, -0.2) is 20.5 Å². The first-order valence-corrected chi connectivity index (χ1v) is 6.99. The Labute approximate surface area is 130 Å². The zero-order valence-electron chi connectivity index (χ0n) is 11.6. The number of rotatable bonds is 3. The van der Waals surface area contributed by atoms with Crippen molar-refractivity contribution in [1.29, 1.82) is 0 Å². The van der Waals surface area contributed by atoms with Crippen LogP contribution in [0.3, 0.4) is 0 Å². The molecule has 0 fully saturated rings. The SMILES string of the molecule is C[C@@H](NC(=O)c1cc(Cl)ccc1F)c1nnc2ccccn12. The second kappa shape index (κ2) is 5.73. The van der Waals surface area contributed by atoms with Gasteiger partial charge >= 0.3 is 0 Å². The van der Waals surface area contributed by atoms with Crippen molar-refractivity contribution < 1.29 is 9.18 Å². The summed E-state index contributed by atoms with van der Waals surface area (Å²) in [6.45, 7) is 1.75. The second-order valence-corrected chi connectivity index (χ2v) is 5.24. The number of carbonyl (C=O) groups is 1. The predicted molar refractivity (Wildman–Crippen MR) is 80.3 cm³/mol. The number of benzene rings is 1. The number of fused-ring (bicyclic) bond motifs is 1. The molecule has 0 aliphatic heterocycles. The molecule has 0 spiro atoms. The van der Waals surface area contributed by atoms with Gasteiger partial charge in [0.2, 0.25) is 0 Å². The highest BCUT2D eigenvalue weighted by molar-refractivity contribution is 6.31. The Morgan fingerprint density at radius 1 is 1.32 bits per heavy atom. The van der Waals surface area contributed by atoms with Crippen LogP contribution in [0.2, 0.25) is 5.02 Å². The van der Waals surface area contributed by atoms with E-state index >= 15 is 0 Å². The number of nitrogens with one attached hydrogen (secondary N) is 1. The van der Waals surface area contributed by atoms with Crippen molar-refractivity contribution in [2.75, 3.05) is 0 Å². The Balaban J connectivity index is 1.86. The molecule has 112 valence electrons. The van der Waals surface area contributed by atoms with Crippen LogP contribution >= 0.6 is 11.6 Å². The molecule has 0 unspecified atom stereocenters. The van der Waals surface area contributed by atoms with Crippen LogP contribution in [0.4, 0.5) is 4.39 Å². The van der Waals surface area contributed by atoms with E-state index in [9.17, 15) is 9.18 Å². The van der Waals surface area contributed by atoms with E-state index in [-0.39, 0.29) is 5.56 Å². The van der Waals surface area contributed by atoms with Gasteiger partial charge in [-0.25, -0.2) is 4.39 Å². The number of aromatic nitrogens is 3. The van der Waals surface area contributed by atoms with Crippen LogP contribution in [0.15, 0.2) is 42.6 Å². The Bertz CT molecular complexity index is 848. The Morgan fingerprint density at radius 3 is 2.95 bits per heavy atom. The van der Waals surface area contributed by atoms with E-state index in [0.717, 1.165) is 6.07 Å². The third kappa shape index (κ3) is 2.65. The van der Waals surface area contributed by atoms with Gasteiger partial charge in [0.25, 0.3) is 5.91 Å². The lowest BCUT2D eigenvalue weighted by Gasteiger charge is -2.13. The highest BCUT2D eigenvalue weighted by atomic mass is 35.5. The first kappa shape index (κ1) is 14.5. The fourth-order valence-corrected chi connectivity index (χ4v) is 2.34. The summed E-state index contributed by atoms with van der Waals surface area (Å²) in [6, 6.07) is 8.90. The van der Waals surface area contributed by atoms with Crippen molar-refractivity contribution in [3.63, 3.8) is 0 Å². The molecular weight excluding hydrogens is 307 g/mol. The Hall–Kier alpha value is -2.47. The van der Waals surface area contributed by atoms with Crippen molar-refractivity contribution in [2.24, 2.45) is 0 Å². The van der Waals surface area contributed by atoms with Crippen molar-refractivity contribution in [2.45, 2.75) is 13.0 Å². The van der Waals surface area contributed by atoms with Gasteiger partial charge in [-0.2, -0.15) is 0 Å². The van der Waals surface area contributed by atoms with Crippen LogP contribution < -0.4 is 5.32 Å². The number of halogens is 2. The first-order chi connectivity index (χ1) is 10.6.